The number of aryl methyl sites for hydroxylation is 1. The third-order valence-electron chi connectivity index (χ3n) is 2.83. The molecule has 1 aromatic carbocycles. The van der Waals surface area contributed by atoms with Crippen LogP contribution >= 0.6 is 0 Å². The highest BCUT2D eigenvalue weighted by Crippen LogP contribution is 2.31. The van der Waals surface area contributed by atoms with Crippen LogP contribution in [0.4, 0.5) is 0 Å². The van der Waals surface area contributed by atoms with Gasteiger partial charge in [0.25, 0.3) is 10.1 Å². The highest BCUT2D eigenvalue weighted by Gasteiger charge is 2.35. The molecule has 3 nitrogen and oxygen atoms in total. The molecule has 0 amide bonds. The fraction of sp³-hybridized carbons (Fsp3) is 0.500. The molecule has 1 N–H and O–H groups in total. The first-order valence-corrected chi connectivity index (χ1v) is 6.80. The van der Waals surface area contributed by atoms with E-state index in [-0.39, 0.29) is 0 Å². The van der Waals surface area contributed by atoms with E-state index in [0.717, 1.165) is 18.4 Å². The first-order valence-electron chi connectivity index (χ1n) is 5.36. The van der Waals surface area contributed by atoms with Crippen LogP contribution in [-0.2, 0) is 21.3 Å². The van der Waals surface area contributed by atoms with E-state index in [9.17, 15) is 13.0 Å². The number of hydrogen-bond donors (Lipinski definition) is 1. The first kappa shape index (κ1) is 13.2. The Hall–Kier alpha value is -0.870. The molecule has 1 aromatic rings. The molecule has 0 aliphatic heterocycles. The maximum absolute atomic E-state index is 11.4. The second-order valence-corrected chi connectivity index (χ2v) is 6.36. The summed E-state index contributed by atoms with van der Waals surface area (Å²) in [5, 5.41) is 0. The van der Waals surface area contributed by atoms with Crippen molar-refractivity contribution >= 4 is 10.1 Å². The van der Waals surface area contributed by atoms with Crippen molar-refractivity contribution < 1.29 is 13.0 Å². The van der Waals surface area contributed by atoms with Gasteiger partial charge in [-0.15, -0.1) is 0 Å². The molecule has 0 aromatic heterocycles. The fourth-order valence-corrected chi connectivity index (χ4v) is 2.21. The van der Waals surface area contributed by atoms with Gasteiger partial charge in [0.1, 0.15) is 4.75 Å². The molecule has 0 fully saturated rings. The fourth-order valence-electron chi connectivity index (χ4n) is 1.73. The zero-order valence-electron chi connectivity index (χ0n) is 9.90. The van der Waals surface area contributed by atoms with Crippen molar-refractivity contribution in [2.45, 2.75) is 38.4 Å². The van der Waals surface area contributed by atoms with Crippen molar-refractivity contribution in [3.05, 3.63) is 35.4 Å². The van der Waals surface area contributed by atoms with Crippen LogP contribution in [0.25, 0.3) is 0 Å². The van der Waals surface area contributed by atoms with Crippen molar-refractivity contribution in [2.24, 2.45) is 0 Å². The van der Waals surface area contributed by atoms with Gasteiger partial charge in [0, 0.05) is 0 Å². The summed E-state index contributed by atoms with van der Waals surface area (Å²) in [6, 6.07) is 7.35. The molecule has 0 unspecified atom stereocenters. The average molecular weight is 242 g/mol. The smallest absolute Gasteiger partial charge is 0.274 e. The number of benzene rings is 1. The third kappa shape index (κ3) is 2.44. The lowest BCUT2D eigenvalue weighted by atomic mass is 9.94. The maximum atomic E-state index is 11.4. The summed E-state index contributed by atoms with van der Waals surface area (Å²) in [5.41, 5.74) is 1.66. The molecule has 16 heavy (non-hydrogen) atoms. The lowest BCUT2D eigenvalue weighted by molar-refractivity contribution is 0.444. The highest BCUT2D eigenvalue weighted by atomic mass is 32.2. The number of rotatable bonds is 4. The summed E-state index contributed by atoms with van der Waals surface area (Å²) in [6.45, 7) is 5.09. The van der Waals surface area contributed by atoms with E-state index in [0.29, 0.717) is 5.56 Å². The van der Waals surface area contributed by atoms with E-state index in [1.165, 1.54) is 13.8 Å². The van der Waals surface area contributed by atoms with E-state index in [1.54, 1.807) is 12.1 Å². The van der Waals surface area contributed by atoms with Crippen LogP contribution in [0.1, 0.15) is 38.3 Å². The van der Waals surface area contributed by atoms with E-state index < -0.39 is 14.9 Å². The summed E-state index contributed by atoms with van der Waals surface area (Å²) in [6.07, 6.45) is 1.76. The van der Waals surface area contributed by atoms with E-state index in [1.807, 2.05) is 19.1 Å². The minimum Gasteiger partial charge on any atom is -0.285 e. The van der Waals surface area contributed by atoms with Gasteiger partial charge in [0.15, 0.2) is 0 Å². The van der Waals surface area contributed by atoms with Crippen LogP contribution in [0.15, 0.2) is 24.3 Å². The third-order valence-corrected chi connectivity index (χ3v) is 4.34. The van der Waals surface area contributed by atoms with Crippen LogP contribution in [0.5, 0.6) is 0 Å². The molecule has 4 heteroatoms. The van der Waals surface area contributed by atoms with Gasteiger partial charge in [-0.2, -0.15) is 8.42 Å². The van der Waals surface area contributed by atoms with Crippen molar-refractivity contribution in [3.8, 4) is 0 Å². The van der Waals surface area contributed by atoms with Crippen LogP contribution in [-0.4, -0.2) is 13.0 Å². The summed E-state index contributed by atoms with van der Waals surface area (Å²) >= 11 is 0. The lowest BCUT2D eigenvalue weighted by Gasteiger charge is -2.24. The van der Waals surface area contributed by atoms with Gasteiger partial charge in [-0.25, -0.2) is 0 Å². The van der Waals surface area contributed by atoms with Crippen LogP contribution in [0, 0.1) is 0 Å². The minimum atomic E-state index is -4.10. The summed E-state index contributed by atoms with van der Waals surface area (Å²) in [7, 11) is -4.10. The number of hydrogen-bond acceptors (Lipinski definition) is 2. The largest absolute Gasteiger partial charge is 0.285 e. The van der Waals surface area contributed by atoms with Crippen LogP contribution in [0.3, 0.4) is 0 Å². The molecule has 0 radical (unpaired) electrons. The van der Waals surface area contributed by atoms with E-state index >= 15 is 0 Å². The van der Waals surface area contributed by atoms with Gasteiger partial charge >= 0.3 is 0 Å². The van der Waals surface area contributed by atoms with E-state index in [2.05, 4.69) is 0 Å². The SMILES string of the molecule is CCCc1ccccc1C(C)(C)S(=O)(=O)O. The monoisotopic (exact) mass is 242 g/mol. The Balaban J connectivity index is 3.33. The Morgan fingerprint density at radius 2 is 1.81 bits per heavy atom. The van der Waals surface area contributed by atoms with Crippen molar-refractivity contribution in [3.63, 3.8) is 0 Å². The zero-order valence-corrected chi connectivity index (χ0v) is 10.7. The van der Waals surface area contributed by atoms with Gasteiger partial charge in [-0.1, -0.05) is 37.6 Å². The Morgan fingerprint density at radius 1 is 1.25 bits per heavy atom. The second-order valence-electron chi connectivity index (χ2n) is 4.39. The van der Waals surface area contributed by atoms with Crippen LogP contribution in [0.2, 0.25) is 0 Å². The first-order chi connectivity index (χ1) is 7.30. The Kier molecular flexibility index (Phi) is 3.76. The molecule has 0 aliphatic rings. The van der Waals surface area contributed by atoms with Gasteiger partial charge in [-0.3, -0.25) is 4.55 Å². The molecule has 1 rings (SSSR count). The molecule has 0 atom stereocenters. The highest BCUT2D eigenvalue weighted by molar-refractivity contribution is 7.86. The molecule has 0 heterocycles. The molecule has 0 bridgehead atoms. The molecular formula is C12H18O3S. The summed E-state index contributed by atoms with van der Waals surface area (Å²) in [4.78, 5) is 0. The van der Waals surface area contributed by atoms with Crippen molar-refractivity contribution in [1.82, 2.24) is 0 Å². The molecular weight excluding hydrogens is 224 g/mol. The van der Waals surface area contributed by atoms with Crippen molar-refractivity contribution in [2.75, 3.05) is 0 Å². The topological polar surface area (TPSA) is 54.4 Å². The second kappa shape index (κ2) is 4.55. The van der Waals surface area contributed by atoms with Crippen LogP contribution < -0.4 is 0 Å². The Morgan fingerprint density at radius 3 is 2.31 bits per heavy atom. The Labute approximate surface area is 97.2 Å². The van der Waals surface area contributed by atoms with Gasteiger partial charge in [0.2, 0.25) is 0 Å². The predicted octanol–water partition coefficient (Wildman–Crippen LogP) is 2.76. The predicted molar refractivity (Wildman–Crippen MR) is 65.0 cm³/mol. The zero-order chi connectivity index (χ0) is 12.4. The normalized spacial score (nSPS) is 12.8. The van der Waals surface area contributed by atoms with Crippen molar-refractivity contribution in [1.29, 1.82) is 0 Å². The lowest BCUT2D eigenvalue weighted by Crippen LogP contribution is -2.29. The maximum Gasteiger partial charge on any atom is 0.274 e. The summed E-state index contributed by atoms with van der Waals surface area (Å²) < 4.78 is 30.7. The standard InChI is InChI=1S/C12H18O3S/c1-4-7-10-8-5-6-9-11(10)12(2,3)16(13,14)15/h5-6,8-9H,4,7H2,1-3H3,(H,13,14,15). The minimum absolute atomic E-state index is 0.680. The van der Waals surface area contributed by atoms with Gasteiger partial charge < -0.3 is 0 Å². The van der Waals surface area contributed by atoms with Gasteiger partial charge in [0.05, 0.1) is 0 Å². The van der Waals surface area contributed by atoms with Gasteiger partial charge in [-0.05, 0) is 31.4 Å². The molecule has 90 valence electrons. The van der Waals surface area contributed by atoms with E-state index in [4.69, 9.17) is 0 Å². The molecule has 0 spiro atoms. The Bertz CT molecular complexity index is 461. The molecule has 0 aliphatic carbocycles. The quantitative estimate of drug-likeness (QED) is 0.826. The molecule has 0 saturated carbocycles. The molecule has 0 saturated heterocycles. The average Bonchev–Trinajstić information content (AvgIpc) is 2.17. The summed E-state index contributed by atoms with van der Waals surface area (Å²) in [5.74, 6) is 0.